The number of aliphatic hydroxyl groups excluding tert-OH is 1. The minimum atomic E-state index is 0.379. The summed E-state index contributed by atoms with van der Waals surface area (Å²) in [4.78, 5) is 0. The van der Waals surface area contributed by atoms with Crippen LogP contribution in [-0.4, -0.2) is 18.3 Å². The number of hydrogen-bond acceptors (Lipinski definition) is 2. The van der Waals surface area contributed by atoms with Gasteiger partial charge in [-0.1, -0.05) is 30.3 Å². The van der Waals surface area contributed by atoms with Crippen LogP contribution in [0.1, 0.15) is 31.2 Å². The first-order valence-electron chi connectivity index (χ1n) is 6.74. The molecule has 0 atom stereocenters. The van der Waals surface area contributed by atoms with Crippen LogP contribution in [-0.2, 0) is 6.54 Å². The van der Waals surface area contributed by atoms with Gasteiger partial charge in [-0.3, -0.25) is 0 Å². The van der Waals surface area contributed by atoms with Crippen molar-refractivity contribution in [1.29, 1.82) is 0 Å². The minimum absolute atomic E-state index is 0.379. The largest absolute Gasteiger partial charge is 0.396 e. The molecule has 0 unspecified atom stereocenters. The third-order valence-electron chi connectivity index (χ3n) is 3.83. The predicted molar refractivity (Wildman–Crippen MR) is 70.7 cm³/mol. The van der Waals surface area contributed by atoms with Crippen LogP contribution in [0.5, 0.6) is 0 Å². The van der Waals surface area contributed by atoms with Gasteiger partial charge in [-0.2, -0.15) is 0 Å². The van der Waals surface area contributed by atoms with Crippen LogP contribution in [0.2, 0.25) is 0 Å². The van der Waals surface area contributed by atoms with Crippen LogP contribution >= 0.6 is 0 Å². The summed E-state index contributed by atoms with van der Waals surface area (Å²) in [5.41, 5.74) is 1.36. The van der Waals surface area contributed by atoms with Crippen molar-refractivity contribution >= 4 is 0 Å². The van der Waals surface area contributed by atoms with Crippen molar-refractivity contribution in [2.24, 2.45) is 11.8 Å². The second-order valence-corrected chi connectivity index (χ2v) is 5.19. The van der Waals surface area contributed by atoms with E-state index in [0.29, 0.717) is 12.5 Å². The number of hydrogen-bond donors (Lipinski definition) is 2. The van der Waals surface area contributed by atoms with Gasteiger partial charge in [-0.25, -0.2) is 0 Å². The van der Waals surface area contributed by atoms with Crippen LogP contribution < -0.4 is 5.32 Å². The highest BCUT2D eigenvalue weighted by atomic mass is 16.3. The fraction of sp³-hybridized carbons (Fsp3) is 0.600. The Morgan fingerprint density at radius 2 is 1.65 bits per heavy atom. The lowest BCUT2D eigenvalue weighted by Crippen LogP contribution is -2.27. The summed E-state index contributed by atoms with van der Waals surface area (Å²) >= 11 is 0. The van der Waals surface area contributed by atoms with Crippen LogP contribution in [0.4, 0.5) is 0 Å². The summed E-state index contributed by atoms with van der Waals surface area (Å²) in [6, 6.07) is 10.6. The molecule has 0 spiro atoms. The molecule has 2 N–H and O–H groups in total. The summed E-state index contributed by atoms with van der Waals surface area (Å²) in [6.07, 6.45) is 4.95. The smallest absolute Gasteiger partial charge is 0.0459 e. The summed E-state index contributed by atoms with van der Waals surface area (Å²) in [5, 5.41) is 12.6. The first kappa shape index (κ1) is 12.6. The Bertz CT molecular complexity index is 304. The van der Waals surface area contributed by atoms with Crippen molar-refractivity contribution in [3.05, 3.63) is 35.9 Å². The van der Waals surface area contributed by atoms with Gasteiger partial charge in [0.25, 0.3) is 0 Å². The van der Waals surface area contributed by atoms with E-state index in [-0.39, 0.29) is 0 Å². The van der Waals surface area contributed by atoms with E-state index in [1.807, 2.05) is 0 Å². The van der Waals surface area contributed by atoms with Gasteiger partial charge in [-0.05, 0) is 49.6 Å². The zero-order chi connectivity index (χ0) is 11.9. The third kappa shape index (κ3) is 4.14. The SMILES string of the molecule is OCC1CCC(CNCc2ccccc2)CC1. The minimum Gasteiger partial charge on any atom is -0.396 e. The maximum absolute atomic E-state index is 9.09. The number of aliphatic hydroxyl groups is 1. The maximum atomic E-state index is 9.09. The molecule has 0 aromatic heterocycles. The van der Waals surface area contributed by atoms with Gasteiger partial charge in [0.2, 0.25) is 0 Å². The molecule has 2 rings (SSSR count). The molecule has 1 aliphatic carbocycles. The Balaban J connectivity index is 1.63. The number of nitrogens with one attached hydrogen (secondary N) is 1. The van der Waals surface area contributed by atoms with Crippen molar-refractivity contribution in [2.45, 2.75) is 32.2 Å². The zero-order valence-electron chi connectivity index (χ0n) is 10.4. The van der Waals surface area contributed by atoms with Crippen molar-refractivity contribution in [3.63, 3.8) is 0 Å². The fourth-order valence-electron chi connectivity index (χ4n) is 2.63. The second kappa shape index (κ2) is 6.77. The zero-order valence-corrected chi connectivity index (χ0v) is 10.4. The summed E-state index contributed by atoms with van der Waals surface area (Å²) < 4.78 is 0. The molecule has 0 aliphatic heterocycles. The highest BCUT2D eigenvalue weighted by molar-refractivity contribution is 5.14. The van der Waals surface area contributed by atoms with Gasteiger partial charge in [0.05, 0.1) is 0 Å². The Morgan fingerprint density at radius 1 is 1.00 bits per heavy atom. The van der Waals surface area contributed by atoms with Gasteiger partial charge >= 0.3 is 0 Å². The van der Waals surface area contributed by atoms with Crippen LogP contribution in [0.3, 0.4) is 0 Å². The van der Waals surface area contributed by atoms with E-state index in [1.165, 1.54) is 31.2 Å². The van der Waals surface area contributed by atoms with Gasteiger partial charge in [0.1, 0.15) is 0 Å². The van der Waals surface area contributed by atoms with E-state index in [1.54, 1.807) is 0 Å². The van der Waals surface area contributed by atoms with Crippen LogP contribution in [0.15, 0.2) is 30.3 Å². The van der Waals surface area contributed by atoms with E-state index in [4.69, 9.17) is 5.11 Å². The van der Waals surface area contributed by atoms with Gasteiger partial charge in [0.15, 0.2) is 0 Å². The molecule has 0 amide bonds. The average Bonchev–Trinajstić information content (AvgIpc) is 2.41. The molecule has 94 valence electrons. The lowest BCUT2D eigenvalue weighted by atomic mass is 9.82. The average molecular weight is 233 g/mol. The molecular weight excluding hydrogens is 210 g/mol. The molecule has 17 heavy (non-hydrogen) atoms. The first-order valence-corrected chi connectivity index (χ1v) is 6.74. The summed E-state index contributed by atoms with van der Waals surface area (Å²) in [6.45, 7) is 2.47. The Morgan fingerprint density at radius 3 is 2.29 bits per heavy atom. The lowest BCUT2D eigenvalue weighted by molar-refractivity contribution is 0.166. The van der Waals surface area contributed by atoms with E-state index in [0.717, 1.165) is 19.0 Å². The van der Waals surface area contributed by atoms with Crippen molar-refractivity contribution in [1.82, 2.24) is 5.32 Å². The molecule has 1 saturated carbocycles. The highest BCUT2D eigenvalue weighted by Crippen LogP contribution is 2.27. The van der Waals surface area contributed by atoms with Crippen molar-refractivity contribution < 1.29 is 5.11 Å². The Labute approximate surface area is 104 Å². The molecule has 2 nitrogen and oxygen atoms in total. The normalized spacial score (nSPS) is 24.8. The van der Waals surface area contributed by atoms with Gasteiger partial charge < -0.3 is 10.4 Å². The van der Waals surface area contributed by atoms with E-state index >= 15 is 0 Å². The van der Waals surface area contributed by atoms with E-state index < -0.39 is 0 Å². The monoisotopic (exact) mass is 233 g/mol. The standard InChI is InChI=1S/C15H23NO/c17-12-15-8-6-14(7-9-15)11-16-10-13-4-2-1-3-5-13/h1-5,14-17H,6-12H2. The number of rotatable bonds is 5. The third-order valence-corrected chi connectivity index (χ3v) is 3.83. The molecular formula is C15H23NO. The predicted octanol–water partition coefficient (Wildman–Crippen LogP) is 2.57. The summed E-state index contributed by atoms with van der Waals surface area (Å²) in [5.74, 6) is 1.38. The molecule has 1 aliphatic rings. The summed E-state index contributed by atoms with van der Waals surface area (Å²) in [7, 11) is 0. The first-order chi connectivity index (χ1) is 8.38. The molecule has 1 aromatic carbocycles. The molecule has 0 radical (unpaired) electrons. The van der Waals surface area contributed by atoms with Crippen LogP contribution in [0, 0.1) is 11.8 Å². The Kier molecular flexibility index (Phi) is 5.02. The highest BCUT2D eigenvalue weighted by Gasteiger charge is 2.19. The van der Waals surface area contributed by atoms with Crippen molar-refractivity contribution in [2.75, 3.05) is 13.2 Å². The molecule has 2 heteroatoms. The Hall–Kier alpha value is -0.860. The second-order valence-electron chi connectivity index (χ2n) is 5.19. The van der Waals surface area contributed by atoms with Crippen molar-refractivity contribution in [3.8, 4) is 0 Å². The lowest BCUT2D eigenvalue weighted by Gasteiger charge is -2.27. The van der Waals surface area contributed by atoms with E-state index in [9.17, 15) is 0 Å². The molecule has 1 aromatic rings. The maximum Gasteiger partial charge on any atom is 0.0459 e. The van der Waals surface area contributed by atoms with Gasteiger partial charge in [0, 0.05) is 13.2 Å². The van der Waals surface area contributed by atoms with E-state index in [2.05, 4.69) is 35.6 Å². The van der Waals surface area contributed by atoms with Gasteiger partial charge in [-0.15, -0.1) is 0 Å². The molecule has 0 saturated heterocycles. The number of benzene rings is 1. The quantitative estimate of drug-likeness (QED) is 0.819. The van der Waals surface area contributed by atoms with Crippen LogP contribution in [0.25, 0.3) is 0 Å². The topological polar surface area (TPSA) is 32.3 Å². The molecule has 0 bridgehead atoms. The fourth-order valence-corrected chi connectivity index (χ4v) is 2.63. The molecule has 1 fully saturated rings. The molecule has 0 heterocycles.